The monoisotopic (exact) mass is 367 g/mol. The summed E-state index contributed by atoms with van der Waals surface area (Å²) in [4.78, 5) is 26.5. The van der Waals surface area contributed by atoms with Crippen LogP contribution in [0.1, 0.15) is 48.3 Å². The van der Waals surface area contributed by atoms with Crippen molar-refractivity contribution in [3.63, 3.8) is 0 Å². The van der Waals surface area contributed by atoms with Gasteiger partial charge in [0.1, 0.15) is 0 Å². The van der Waals surface area contributed by atoms with E-state index in [1.165, 1.54) is 0 Å². The van der Waals surface area contributed by atoms with E-state index in [0.717, 1.165) is 11.1 Å². The molecule has 3 N–H and O–H groups in total. The smallest absolute Gasteiger partial charge is 0.253 e. The van der Waals surface area contributed by atoms with Crippen molar-refractivity contribution in [1.82, 2.24) is 10.2 Å². The van der Waals surface area contributed by atoms with Gasteiger partial charge in [-0.15, -0.1) is 0 Å². The van der Waals surface area contributed by atoms with Crippen molar-refractivity contribution in [1.29, 1.82) is 0 Å². The summed E-state index contributed by atoms with van der Waals surface area (Å²) in [6.45, 7) is 7.54. The van der Waals surface area contributed by atoms with Gasteiger partial charge in [-0.2, -0.15) is 0 Å². The lowest BCUT2D eigenvalue weighted by atomic mass is 9.94. The molecule has 144 valence electrons. The molecular weight excluding hydrogens is 338 g/mol. The Kier molecular flexibility index (Phi) is 7.55. The Hall–Kier alpha value is -2.66. The van der Waals surface area contributed by atoms with Crippen LogP contribution in [0.2, 0.25) is 0 Å². The Morgan fingerprint density at radius 1 is 1.00 bits per heavy atom. The predicted octanol–water partition coefficient (Wildman–Crippen LogP) is 3.12. The minimum absolute atomic E-state index is 0.0260. The summed E-state index contributed by atoms with van der Waals surface area (Å²) >= 11 is 0. The third-order valence-corrected chi connectivity index (χ3v) is 4.85. The Bertz CT molecular complexity index is 740. The third kappa shape index (κ3) is 5.41. The first-order valence-electron chi connectivity index (χ1n) is 9.44. The summed E-state index contributed by atoms with van der Waals surface area (Å²) in [6, 6.07) is 16.6. The minimum atomic E-state index is -0.347. The predicted molar refractivity (Wildman–Crippen MR) is 108 cm³/mol. The van der Waals surface area contributed by atoms with Crippen LogP contribution in [-0.2, 0) is 11.3 Å². The molecule has 2 atom stereocenters. The highest BCUT2D eigenvalue weighted by Crippen LogP contribution is 2.19. The molecular formula is C22H29N3O2. The number of nitrogens with two attached hydrogens (primary N) is 1. The summed E-state index contributed by atoms with van der Waals surface area (Å²) in [6.07, 6.45) is 0. The molecule has 2 amide bonds. The molecule has 2 aromatic rings. The van der Waals surface area contributed by atoms with Crippen molar-refractivity contribution < 1.29 is 9.59 Å². The van der Waals surface area contributed by atoms with Gasteiger partial charge in [-0.3, -0.25) is 9.59 Å². The summed E-state index contributed by atoms with van der Waals surface area (Å²) in [5.74, 6) is -0.399. The van der Waals surface area contributed by atoms with Gasteiger partial charge in [0.15, 0.2) is 0 Å². The van der Waals surface area contributed by atoms with Gasteiger partial charge in [-0.25, -0.2) is 0 Å². The van der Waals surface area contributed by atoms with Crippen LogP contribution >= 0.6 is 0 Å². The second-order valence-electron chi connectivity index (χ2n) is 6.62. The number of amides is 2. The molecule has 27 heavy (non-hydrogen) atoms. The molecule has 0 aliphatic rings. The topological polar surface area (TPSA) is 75.4 Å². The van der Waals surface area contributed by atoms with E-state index in [0.29, 0.717) is 25.2 Å². The fraction of sp³-hybridized carbons (Fsp3) is 0.364. The van der Waals surface area contributed by atoms with Crippen LogP contribution in [-0.4, -0.2) is 29.8 Å². The lowest BCUT2D eigenvalue weighted by Gasteiger charge is -2.20. The van der Waals surface area contributed by atoms with E-state index < -0.39 is 0 Å². The Morgan fingerprint density at radius 2 is 1.59 bits per heavy atom. The van der Waals surface area contributed by atoms with Crippen LogP contribution < -0.4 is 11.1 Å². The van der Waals surface area contributed by atoms with Gasteiger partial charge in [-0.1, -0.05) is 49.4 Å². The molecule has 2 unspecified atom stereocenters. The SMILES string of the molecule is CCN(CC)C(=O)c1ccc(CNC(=O)C(C)C(N)c2ccccc2)cc1. The Labute approximate surface area is 161 Å². The van der Waals surface area contributed by atoms with E-state index in [4.69, 9.17) is 5.73 Å². The highest BCUT2D eigenvalue weighted by Gasteiger charge is 2.21. The molecule has 2 rings (SSSR count). The van der Waals surface area contributed by atoms with E-state index in [9.17, 15) is 9.59 Å². The standard InChI is InChI=1S/C22H29N3O2/c1-4-25(5-2)22(27)19-13-11-17(12-14-19)15-24-21(26)16(3)20(23)18-9-7-6-8-10-18/h6-14,16,20H,4-5,15,23H2,1-3H3,(H,24,26). The first kappa shape index (κ1) is 20.6. The maximum absolute atomic E-state index is 12.4. The van der Waals surface area contributed by atoms with E-state index in [2.05, 4.69) is 5.32 Å². The zero-order valence-electron chi connectivity index (χ0n) is 16.3. The van der Waals surface area contributed by atoms with Crippen LogP contribution in [0.4, 0.5) is 0 Å². The maximum Gasteiger partial charge on any atom is 0.253 e. The average Bonchev–Trinajstić information content (AvgIpc) is 2.72. The van der Waals surface area contributed by atoms with E-state index >= 15 is 0 Å². The van der Waals surface area contributed by atoms with Gasteiger partial charge >= 0.3 is 0 Å². The van der Waals surface area contributed by atoms with Crippen molar-refractivity contribution in [3.8, 4) is 0 Å². The van der Waals surface area contributed by atoms with Crippen molar-refractivity contribution in [2.24, 2.45) is 11.7 Å². The van der Waals surface area contributed by atoms with Crippen LogP contribution in [0.25, 0.3) is 0 Å². The molecule has 0 bridgehead atoms. The van der Waals surface area contributed by atoms with E-state index in [-0.39, 0.29) is 23.8 Å². The van der Waals surface area contributed by atoms with Crippen LogP contribution in [0.3, 0.4) is 0 Å². The molecule has 0 fully saturated rings. The molecule has 0 aliphatic heterocycles. The molecule has 0 radical (unpaired) electrons. The largest absolute Gasteiger partial charge is 0.352 e. The van der Waals surface area contributed by atoms with Gasteiger partial charge < -0.3 is 16.0 Å². The number of benzene rings is 2. The number of carbonyl (C=O) groups is 2. The van der Waals surface area contributed by atoms with Crippen molar-refractivity contribution in [2.45, 2.75) is 33.4 Å². The van der Waals surface area contributed by atoms with Gasteiger partial charge in [0.25, 0.3) is 5.91 Å². The second kappa shape index (κ2) is 9.88. The number of hydrogen-bond acceptors (Lipinski definition) is 3. The summed E-state index contributed by atoms with van der Waals surface area (Å²) < 4.78 is 0. The first-order valence-corrected chi connectivity index (χ1v) is 9.44. The number of hydrogen-bond donors (Lipinski definition) is 2. The van der Waals surface area contributed by atoms with E-state index in [1.54, 1.807) is 17.0 Å². The fourth-order valence-corrected chi connectivity index (χ4v) is 2.94. The summed E-state index contributed by atoms with van der Waals surface area (Å²) in [7, 11) is 0. The summed E-state index contributed by atoms with van der Waals surface area (Å²) in [5.41, 5.74) is 8.76. The average molecular weight is 367 g/mol. The van der Waals surface area contributed by atoms with Gasteiger partial charge in [0, 0.05) is 31.2 Å². The van der Waals surface area contributed by atoms with Crippen molar-refractivity contribution in [3.05, 3.63) is 71.3 Å². The number of nitrogens with one attached hydrogen (secondary N) is 1. The molecule has 2 aromatic carbocycles. The second-order valence-corrected chi connectivity index (χ2v) is 6.62. The van der Waals surface area contributed by atoms with Crippen molar-refractivity contribution in [2.75, 3.05) is 13.1 Å². The van der Waals surface area contributed by atoms with Crippen molar-refractivity contribution >= 4 is 11.8 Å². The zero-order valence-corrected chi connectivity index (χ0v) is 16.3. The van der Waals surface area contributed by atoms with E-state index in [1.807, 2.05) is 63.2 Å². The van der Waals surface area contributed by atoms with Crippen LogP contribution in [0, 0.1) is 5.92 Å². The molecule has 0 saturated heterocycles. The highest BCUT2D eigenvalue weighted by atomic mass is 16.2. The third-order valence-electron chi connectivity index (χ3n) is 4.85. The summed E-state index contributed by atoms with van der Waals surface area (Å²) in [5, 5.41) is 2.93. The number of carbonyl (C=O) groups excluding carboxylic acids is 2. The normalized spacial score (nSPS) is 12.9. The lowest BCUT2D eigenvalue weighted by Crippen LogP contribution is -2.35. The number of rotatable bonds is 8. The molecule has 0 heterocycles. The lowest BCUT2D eigenvalue weighted by molar-refractivity contribution is -0.125. The zero-order chi connectivity index (χ0) is 19.8. The molecule has 0 spiro atoms. The fourth-order valence-electron chi connectivity index (χ4n) is 2.94. The molecule has 0 saturated carbocycles. The quantitative estimate of drug-likeness (QED) is 0.753. The van der Waals surface area contributed by atoms with Gasteiger partial charge in [0.2, 0.25) is 5.91 Å². The first-order chi connectivity index (χ1) is 13.0. The Balaban J connectivity index is 1.92. The molecule has 0 aromatic heterocycles. The molecule has 5 heteroatoms. The minimum Gasteiger partial charge on any atom is -0.352 e. The maximum atomic E-state index is 12.4. The van der Waals surface area contributed by atoms with Crippen LogP contribution in [0.15, 0.2) is 54.6 Å². The molecule has 5 nitrogen and oxygen atoms in total. The van der Waals surface area contributed by atoms with Gasteiger partial charge in [-0.05, 0) is 37.1 Å². The van der Waals surface area contributed by atoms with Gasteiger partial charge in [0.05, 0.1) is 5.92 Å². The Morgan fingerprint density at radius 3 is 2.15 bits per heavy atom. The highest BCUT2D eigenvalue weighted by molar-refractivity contribution is 5.94. The van der Waals surface area contributed by atoms with Crippen LogP contribution in [0.5, 0.6) is 0 Å². The number of nitrogens with zero attached hydrogens (tertiary/aromatic N) is 1. The molecule has 0 aliphatic carbocycles.